The van der Waals surface area contributed by atoms with Crippen molar-refractivity contribution in [3.05, 3.63) is 0 Å². The summed E-state index contributed by atoms with van der Waals surface area (Å²) in [6.07, 6.45) is 4.83. The van der Waals surface area contributed by atoms with Crippen molar-refractivity contribution < 1.29 is 0 Å². The van der Waals surface area contributed by atoms with E-state index >= 15 is 0 Å². The first-order valence-corrected chi connectivity index (χ1v) is 10.3. The van der Waals surface area contributed by atoms with Gasteiger partial charge in [0.1, 0.15) is 0 Å². The summed E-state index contributed by atoms with van der Waals surface area (Å²) >= 11 is 0. The Kier molecular flexibility index (Phi) is 11.0. The predicted octanol–water partition coefficient (Wildman–Crippen LogP) is 4.03. The van der Waals surface area contributed by atoms with Crippen LogP contribution in [0.25, 0.3) is 0 Å². The lowest BCUT2D eigenvalue weighted by molar-refractivity contribution is 0.298. The molecule has 0 aromatic heterocycles. The van der Waals surface area contributed by atoms with E-state index in [1.165, 1.54) is 25.7 Å². The van der Waals surface area contributed by atoms with Crippen LogP contribution in [-0.2, 0) is 0 Å². The Morgan fingerprint density at radius 3 is 0.810 bits per heavy atom. The molecule has 0 atom stereocenters. The summed E-state index contributed by atoms with van der Waals surface area (Å²) in [6.45, 7) is 13.8. The van der Waals surface area contributed by atoms with Crippen LogP contribution in [0, 0.1) is 0 Å². The highest BCUT2D eigenvalue weighted by Crippen LogP contribution is 2.67. The zero-order valence-corrected chi connectivity index (χ0v) is 16.8. The maximum Gasteiger partial charge on any atom is 0.307 e. The van der Waals surface area contributed by atoms with Crippen LogP contribution in [0.4, 0.5) is 0 Å². The van der Waals surface area contributed by atoms with E-state index < -0.39 is 7.87 Å². The van der Waals surface area contributed by atoms with Crippen molar-refractivity contribution in [1.29, 1.82) is 0 Å². The summed E-state index contributed by atoms with van der Waals surface area (Å²) in [7, 11) is 7.69. The number of hydrogen-bond donors (Lipinski definition) is 0. The largest absolute Gasteiger partial charge is 0.307 e. The maximum atomic E-state index is 2.63. The summed E-state index contributed by atoms with van der Waals surface area (Å²) in [4.78, 5) is 0. The van der Waals surface area contributed by atoms with Crippen LogP contribution in [0.3, 0.4) is 0 Å². The summed E-state index contributed by atoms with van der Waals surface area (Å²) in [6, 6.07) is 0. The molecule has 0 spiro atoms. The highest BCUT2D eigenvalue weighted by Gasteiger charge is 2.55. The molecule has 0 N–H and O–H groups in total. The van der Waals surface area contributed by atoms with E-state index in [0.29, 0.717) is 0 Å². The van der Waals surface area contributed by atoms with E-state index in [2.05, 4.69) is 74.6 Å². The zero-order valence-electron chi connectivity index (χ0n) is 15.9. The van der Waals surface area contributed by atoms with Gasteiger partial charge in [-0.3, -0.25) is 0 Å². The van der Waals surface area contributed by atoms with Crippen molar-refractivity contribution in [2.45, 2.75) is 53.4 Å². The smallest absolute Gasteiger partial charge is 0.136 e. The van der Waals surface area contributed by atoms with Crippen LogP contribution in [0.15, 0.2) is 0 Å². The van der Waals surface area contributed by atoms with Crippen molar-refractivity contribution in [1.82, 2.24) is 18.7 Å². The van der Waals surface area contributed by atoms with Gasteiger partial charge in [0.25, 0.3) is 0 Å². The van der Waals surface area contributed by atoms with E-state index in [1.807, 2.05) is 0 Å². The molecule has 0 aliphatic heterocycles. The Morgan fingerprint density at radius 2 is 0.667 bits per heavy atom. The molecule has 0 amide bonds. The molecule has 0 saturated carbocycles. The van der Waals surface area contributed by atoms with Gasteiger partial charge in [0.15, 0.2) is 0 Å². The van der Waals surface area contributed by atoms with Gasteiger partial charge in [-0.25, -0.2) is 0 Å². The molecule has 21 heavy (non-hydrogen) atoms. The minimum Gasteiger partial charge on any atom is -0.136 e. The van der Waals surface area contributed by atoms with Crippen molar-refractivity contribution in [2.75, 3.05) is 54.4 Å². The average molecular weight is 319 g/mol. The monoisotopic (exact) mass is 319 g/mol. The van der Waals surface area contributed by atoms with Gasteiger partial charge in [0, 0.05) is 54.4 Å². The predicted molar refractivity (Wildman–Crippen MR) is 98.6 cm³/mol. The van der Waals surface area contributed by atoms with E-state index in [4.69, 9.17) is 0 Å². The molecule has 0 bridgehead atoms. The minimum absolute atomic E-state index is 1.16. The molecular formula is C16H40N4P+. The van der Waals surface area contributed by atoms with E-state index in [0.717, 1.165) is 26.2 Å². The Balaban J connectivity index is 5.67. The normalized spacial score (nSPS) is 13.1. The Morgan fingerprint density at radius 1 is 0.476 bits per heavy atom. The van der Waals surface area contributed by atoms with Crippen molar-refractivity contribution in [2.24, 2.45) is 0 Å². The van der Waals surface area contributed by atoms with E-state index in [9.17, 15) is 0 Å². The number of rotatable bonds is 12. The minimum atomic E-state index is -1.59. The molecule has 0 aliphatic rings. The highest BCUT2D eigenvalue weighted by molar-refractivity contribution is 7.66. The Bertz CT molecular complexity index is 209. The molecular weight excluding hydrogens is 279 g/mol. The van der Waals surface area contributed by atoms with Crippen LogP contribution in [-0.4, -0.2) is 73.1 Å². The molecule has 0 fully saturated rings. The maximum absolute atomic E-state index is 2.63. The third kappa shape index (κ3) is 5.14. The standard InChI is InChI=1S/C16H40N4P/c1-9-13-17(5)21(18(6)14-10-2,19(7)15-11-3)20(8)16-12-4/h9-16H2,1-8H3/q+1. The van der Waals surface area contributed by atoms with Gasteiger partial charge >= 0.3 is 7.87 Å². The third-order valence-electron chi connectivity index (χ3n) is 4.02. The second-order valence-electron chi connectivity index (χ2n) is 6.06. The lowest BCUT2D eigenvalue weighted by atomic mass is 10.5. The van der Waals surface area contributed by atoms with Gasteiger partial charge in [0.2, 0.25) is 0 Å². The second kappa shape index (κ2) is 10.9. The Hall–Kier alpha value is 0.270. The molecule has 0 saturated heterocycles. The average Bonchev–Trinajstić information content (AvgIpc) is 2.40. The van der Waals surface area contributed by atoms with Crippen LogP contribution in [0.1, 0.15) is 53.4 Å². The van der Waals surface area contributed by atoms with Crippen LogP contribution < -0.4 is 0 Å². The molecule has 5 heteroatoms. The van der Waals surface area contributed by atoms with Crippen molar-refractivity contribution in [3.8, 4) is 0 Å². The fourth-order valence-corrected chi connectivity index (χ4v) is 8.40. The zero-order chi connectivity index (χ0) is 16.5. The summed E-state index contributed by atoms with van der Waals surface area (Å²) in [5, 5.41) is 0. The lowest BCUT2D eigenvalue weighted by Gasteiger charge is -2.47. The second-order valence-corrected chi connectivity index (χ2v) is 9.87. The Labute approximate surface area is 135 Å². The summed E-state index contributed by atoms with van der Waals surface area (Å²) in [5.41, 5.74) is 0. The molecule has 0 aliphatic carbocycles. The molecule has 0 radical (unpaired) electrons. The molecule has 0 heterocycles. The van der Waals surface area contributed by atoms with Gasteiger partial charge in [0.05, 0.1) is 0 Å². The SMILES string of the molecule is CCCN(C)[P+](N(C)CCC)(N(C)CCC)N(C)CCC. The van der Waals surface area contributed by atoms with E-state index in [1.54, 1.807) is 0 Å². The molecule has 0 rings (SSSR count). The molecule has 4 nitrogen and oxygen atoms in total. The van der Waals surface area contributed by atoms with Gasteiger partial charge in [-0.1, -0.05) is 27.7 Å². The fourth-order valence-electron chi connectivity index (χ4n) is 3.40. The molecule has 0 unspecified atom stereocenters. The first-order valence-electron chi connectivity index (χ1n) is 8.68. The van der Waals surface area contributed by atoms with Crippen LogP contribution in [0.2, 0.25) is 0 Å². The van der Waals surface area contributed by atoms with Crippen LogP contribution in [0.5, 0.6) is 0 Å². The molecule has 0 aromatic carbocycles. The summed E-state index contributed by atoms with van der Waals surface area (Å²) in [5.74, 6) is 0. The van der Waals surface area contributed by atoms with Gasteiger partial charge in [-0.05, 0) is 25.7 Å². The van der Waals surface area contributed by atoms with Crippen LogP contribution >= 0.6 is 7.87 Å². The van der Waals surface area contributed by atoms with Gasteiger partial charge in [-0.15, -0.1) is 18.7 Å². The first kappa shape index (κ1) is 21.3. The first-order chi connectivity index (χ1) is 9.93. The highest BCUT2D eigenvalue weighted by atomic mass is 31.2. The van der Waals surface area contributed by atoms with Gasteiger partial charge in [-0.2, -0.15) is 0 Å². The van der Waals surface area contributed by atoms with Gasteiger partial charge < -0.3 is 0 Å². The number of hydrogen-bond acceptors (Lipinski definition) is 4. The topological polar surface area (TPSA) is 13.0 Å². The fraction of sp³-hybridized carbons (Fsp3) is 1.00. The summed E-state index contributed by atoms with van der Waals surface area (Å²) < 4.78 is 10.5. The number of nitrogens with zero attached hydrogens (tertiary/aromatic N) is 4. The lowest BCUT2D eigenvalue weighted by Crippen LogP contribution is -2.49. The molecule has 128 valence electrons. The van der Waals surface area contributed by atoms with Crippen molar-refractivity contribution in [3.63, 3.8) is 0 Å². The molecule has 0 aromatic rings. The quantitative estimate of drug-likeness (QED) is 0.503. The van der Waals surface area contributed by atoms with Crippen molar-refractivity contribution >= 4 is 7.87 Å². The van der Waals surface area contributed by atoms with E-state index in [-0.39, 0.29) is 0 Å². The third-order valence-corrected chi connectivity index (χ3v) is 8.49.